The lowest BCUT2D eigenvalue weighted by Crippen LogP contribution is -2.51. The lowest BCUT2D eigenvalue weighted by atomic mass is 10.0. The molecule has 4 atom stereocenters. The van der Waals surface area contributed by atoms with Crippen molar-refractivity contribution in [3.05, 3.63) is 72.6 Å². The fraction of sp³-hybridized carbons (Fsp3) is 0.450. The number of amides is 4. The molecular weight excluding hydrogens is 704 g/mol. The van der Waals surface area contributed by atoms with E-state index in [1.807, 2.05) is 52.0 Å². The van der Waals surface area contributed by atoms with Crippen LogP contribution in [0, 0.1) is 11.8 Å². The Morgan fingerprint density at radius 3 is 1.31 bits per heavy atom. The van der Waals surface area contributed by atoms with Gasteiger partial charge in [0.05, 0.1) is 50.1 Å². The van der Waals surface area contributed by atoms with E-state index in [0.29, 0.717) is 13.1 Å². The molecule has 2 aliphatic heterocycles. The van der Waals surface area contributed by atoms with Gasteiger partial charge in [-0.25, -0.2) is 19.6 Å². The molecule has 0 unspecified atom stereocenters. The molecule has 0 bridgehead atoms. The van der Waals surface area contributed by atoms with E-state index in [4.69, 9.17) is 9.47 Å². The average Bonchev–Trinajstić information content (AvgIpc) is 4.02. The molecule has 6 N–H and O–H groups in total. The Balaban J connectivity index is 0.00000580. The van der Waals surface area contributed by atoms with Gasteiger partial charge in [-0.05, 0) is 59.8 Å². The van der Waals surface area contributed by atoms with Gasteiger partial charge in [-0.15, -0.1) is 0 Å². The first-order valence-electron chi connectivity index (χ1n) is 18.6. The van der Waals surface area contributed by atoms with Crippen molar-refractivity contribution >= 4 is 24.0 Å². The molecule has 4 aromatic rings. The van der Waals surface area contributed by atoms with E-state index < -0.39 is 24.3 Å². The van der Waals surface area contributed by atoms with Crippen LogP contribution in [0.2, 0.25) is 0 Å². The lowest BCUT2D eigenvalue weighted by Gasteiger charge is -2.30. The quantitative estimate of drug-likeness (QED) is 0.156. The Labute approximate surface area is 320 Å². The number of hydrogen-bond donors (Lipinski definition) is 4. The minimum atomic E-state index is -0.687. The zero-order valence-electron chi connectivity index (χ0n) is 32.2. The van der Waals surface area contributed by atoms with Crippen molar-refractivity contribution in [1.29, 1.82) is 0 Å². The molecule has 294 valence electrons. The van der Waals surface area contributed by atoms with Crippen LogP contribution in [-0.4, -0.2) is 98.6 Å². The normalized spacial score (nSPS) is 17.8. The van der Waals surface area contributed by atoms with Gasteiger partial charge in [0, 0.05) is 13.1 Å². The van der Waals surface area contributed by atoms with Crippen molar-refractivity contribution in [2.45, 2.75) is 77.5 Å². The highest BCUT2D eigenvalue weighted by Gasteiger charge is 2.39. The Kier molecular flexibility index (Phi) is 13.0. The van der Waals surface area contributed by atoms with E-state index >= 15 is 0 Å². The van der Waals surface area contributed by atoms with Crippen molar-refractivity contribution in [3.8, 4) is 33.6 Å². The molecule has 2 aliphatic rings. The van der Waals surface area contributed by atoms with Gasteiger partial charge >= 0.3 is 12.2 Å². The van der Waals surface area contributed by atoms with Crippen LogP contribution in [0.4, 0.5) is 9.59 Å². The van der Waals surface area contributed by atoms with Crippen LogP contribution >= 0.6 is 0 Å². The van der Waals surface area contributed by atoms with Crippen LogP contribution in [0.1, 0.15) is 77.1 Å². The summed E-state index contributed by atoms with van der Waals surface area (Å²) in [5.74, 6) is 0.955. The number of alkyl carbamates (subject to hydrolysis) is 2. The predicted octanol–water partition coefficient (Wildman–Crippen LogP) is 5.40. The van der Waals surface area contributed by atoms with E-state index in [-0.39, 0.29) is 41.2 Å². The van der Waals surface area contributed by atoms with Gasteiger partial charge in [0.15, 0.2) is 0 Å². The number of methoxy groups -OCH3 is 2. The molecule has 15 heteroatoms. The maximum Gasteiger partial charge on any atom is 0.407 e. The largest absolute Gasteiger partial charge is 0.453 e. The summed E-state index contributed by atoms with van der Waals surface area (Å²) in [5, 5.41) is 5.38. The maximum absolute atomic E-state index is 13.5. The second kappa shape index (κ2) is 17.6. The number of carbonyl (C=O) groups excluding carboxylic acids is 4. The van der Waals surface area contributed by atoms with Crippen LogP contribution in [0.5, 0.6) is 0 Å². The molecule has 15 nitrogen and oxygen atoms in total. The van der Waals surface area contributed by atoms with Gasteiger partial charge in [-0.1, -0.05) is 76.2 Å². The second-order valence-corrected chi connectivity index (χ2v) is 14.6. The Morgan fingerprint density at radius 1 is 0.636 bits per heavy atom. The topological polar surface area (TPSA) is 206 Å². The number of aromatic amines is 2. The van der Waals surface area contributed by atoms with E-state index in [0.717, 1.165) is 71.0 Å². The molecule has 2 aromatic heterocycles. The minimum Gasteiger partial charge on any atom is -0.453 e. The van der Waals surface area contributed by atoms with Crippen molar-refractivity contribution in [1.82, 2.24) is 40.4 Å². The van der Waals surface area contributed by atoms with Crippen molar-refractivity contribution in [2.24, 2.45) is 11.8 Å². The monoisotopic (exact) mass is 756 g/mol. The van der Waals surface area contributed by atoms with Gasteiger partial charge in [-0.3, -0.25) is 9.59 Å². The molecule has 55 heavy (non-hydrogen) atoms. The van der Waals surface area contributed by atoms with Gasteiger partial charge in [-0.2, -0.15) is 0 Å². The first-order valence-corrected chi connectivity index (χ1v) is 18.6. The van der Waals surface area contributed by atoms with E-state index in [2.05, 4.69) is 54.8 Å². The van der Waals surface area contributed by atoms with Crippen LogP contribution in [-0.2, 0) is 19.1 Å². The highest BCUT2D eigenvalue weighted by Crippen LogP contribution is 2.35. The summed E-state index contributed by atoms with van der Waals surface area (Å²) >= 11 is 0. The van der Waals surface area contributed by atoms with Crippen molar-refractivity contribution < 1.29 is 34.1 Å². The summed E-state index contributed by atoms with van der Waals surface area (Å²) in [4.78, 5) is 70.7. The Bertz CT molecular complexity index is 1800. The highest BCUT2D eigenvalue weighted by molar-refractivity contribution is 5.87. The maximum atomic E-state index is 13.5. The summed E-state index contributed by atoms with van der Waals surface area (Å²) in [6.07, 6.45) is 5.61. The molecule has 0 aliphatic carbocycles. The Hall–Kier alpha value is -5.70. The fourth-order valence-electron chi connectivity index (χ4n) is 7.38. The zero-order chi connectivity index (χ0) is 38.5. The summed E-state index contributed by atoms with van der Waals surface area (Å²) in [6.45, 7) is 8.78. The van der Waals surface area contributed by atoms with Crippen LogP contribution in [0.3, 0.4) is 0 Å². The third kappa shape index (κ3) is 8.83. The smallest absolute Gasteiger partial charge is 0.407 e. The highest BCUT2D eigenvalue weighted by atomic mass is 16.5. The number of carbonyl (C=O) groups is 4. The number of aromatic nitrogens is 4. The SMILES string of the molecule is COC(=O)N[C@@H](C(=O)N1CCC[C@@H]1c1ncc(-c2ccc(-c3ccc(-c4cnc([C@H]5CCCN5C(=O)[C@H](NC(=O)OC)C(C)C)[nH]4)cc3)cc2)[nH]1)C(C)C.O. The van der Waals surface area contributed by atoms with Gasteiger partial charge in [0.25, 0.3) is 0 Å². The first kappa shape index (κ1) is 40.5. The molecule has 2 fully saturated rings. The molecule has 2 aromatic carbocycles. The number of ether oxygens (including phenoxy) is 2. The molecule has 0 spiro atoms. The van der Waals surface area contributed by atoms with Crippen LogP contribution < -0.4 is 10.6 Å². The number of nitrogens with one attached hydrogen (secondary N) is 4. The molecule has 0 radical (unpaired) electrons. The van der Waals surface area contributed by atoms with E-state index in [1.165, 1.54) is 14.2 Å². The molecule has 4 amide bonds. The minimum absolute atomic E-state index is 0. The zero-order valence-corrected chi connectivity index (χ0v) is 32.2. The van der Waals surface area contributed by atoms with E-state index in [1.54, 1.807) is 22.2 Å². The number of rotatable bonds is 11. The number of imidazole rings is 2. The molecule has 0 saturated carbocycles. The third-order valence-electron chi connectivity index (χ3n) is 10.4. The summed E-state index contributed by atoms with van der Waals surface area (Å²) < 4.78 is 9.50. The summed E-state index contributed by atoms with van der Waals surface area (Å²) in [7, 11) is 2.58. The predicted molar refractivity (Wildman–Crippen MR) is 206 cm³/mol. The van der Waals surface area contributed by atoms with Crippen molar-refractivity contribution in [2.75, 3.05) is 27.3 Å². The average molecular weight is 757 g/mol. The molecule has 4 heterocycles. The molecular formula is C40H52N8O7. The summed E-state index contributed by atoms with van der Waals surface area (Å²) in [5.41, 5.74) is 5.78. The van der Waals surface area contributed by atoms with Crippen molar-refractivity contribution in [3.63, 3.8) is 0 Å². The molecule has 6 rings (SSSR count). The summed E-state index contributed by atoms with van der Waals surface area (Å²) in [6, 6.07) is 14.7. The Morgan fingerprint density at radius 2 is 0.982 bits per heavy atom. The standard InChI is InChI=1S/C40H50N8O6.H2O/c1-23(2)33(45-39(51)53-5)37(49)47-19-7-9-31(47)35-41-21-29(43-35)27-15-11-25(12-16-27)26-13-17-28(18-14-26)30-22-42-36(44-30)32-10-8-20-48(32)38(50)34(24(3)4)46-40(52)54-6;/h11-18,21-24,31-34H,7-10,19-20H2,1-6H3,(H,41,43)(H,42,44)(H,45,51)(H,46,52);1H2/t31-,32-,33-,34-;/m1./s1. The van der Waals surface area contributed by atoms with E-state index in [9.17, 15) is 19.2 Å². The first-order chi connectivity index (χ1) is 26.0. The number of nitrogens with zero attached hydrogens (tertiary/aromatic N) is 4. The number of hydrogen-bond acceptors (Lipinski definition) is 8. The number of likely N-dealkylation sites (tertiary alicyclic amines) is 2. The lowest BCUT2D eigenvalue weighted by molar-refractivity contribution is -0.136. The van der Waals surface area contributed by atoms with Gasteiger partial charge in [0.1, 0.15) is 23.7 Å². The second-order valence-electron chi connectivity index (χ2n) is 14.6. The van der Waals surface area contributed by atoms with Gasteiger partial charge in [0.2, 0.25) is 11.8 Å². The number of H-pyrrole nitrogens is 2. The fourth-order valence-corrected chi connectivity index (χ4v) is 7.38. The number of benzene rings is 2. The third-order valence-corrected chi connectivity index (χ3v) is 10.4. The van der Waals surface area contributed by atoms with Crippen LogP contribution in [0.15, 0.2) is 60.9 Å². The van der Waals surface area contributed by atoms with Crippen LogP contribution in [0.25, 0.3) is 33.6 Å². The molecule has 2 saturated heterocycles. The van der Waals surface area contributed by atoms with Gasteiger partial charge < -0.3 is 45.4 Å².